The highest BCUT2D eigenvalue weighted by atomic mass is 32.2. The summed E-state index contributed by atoms with van der Waals surface area (Å²) in [5.41, 5.74) is 0. The van der Waals surface area contributed by atoms with Crippen molar-refractivity contribution in [2.45, 2.75) is 6.23 Å². The van der Waals surface area contributed by atoms with Crippen LogP contribution in [-0.4, -0.2) is 36.0 Å². The molecule has 1 atom stereocenters. The van der Waals surface area contributed by atoms with Gasteiger partial charge >= 0.3 is 0 Å². The van der Waals surface area contributed by atoms with E-state index < -0.39 is 28.0 Å². The van der Waals surface area contributed by atoms with E-state index in [0.29, 0.717) is 0 Å². The second-order valence-corrected chi connectivity index (χ2v) is 3.47. The molecule has 0 heterocycles. The van der Waals surface area contributed by atoms with Crippen molar-refractivity contribution >= 4 is 16.0 Å². The Labute approximate surface area is 69.6 Å². The van der Waals surface area contributed by atoms with E-state index in [9.17, 15) is 13.2 Å². The Morgan fingerprint density at radius 1 is 1.67 bits per heavy atom. The first-order valence-corrected chi connectivity index (χ1v) is 4.52. The molecule has 0 aromatic rings. The number of amides is 1. The van der Waals surface area contributed by atoms with E-state index in [4.69, 9.17) is 9.66 Å². The van der Waals surface area contributed by atoms with Crippen LogP contribution in [0, 0.1) is 0 Å². The lowest BCUT2D eigenvalue weighted by molar-refractivity contribution is -0.118. The van der Waals surface area contributed by atoms with Crippen LogP contribution in [0.2, 0.25) is 0 Å². The fourth-order valence-electron chi connectivity index (χ4n) is 0.464. The quantitative estimate of drug-likeness (QED) is 0.287. The van der Waals surface area contributed by atoms with Gasteiger partial charge in [-0.25, -0.2) is 0 Å². The van der Waals surface area contributed by atoms with Gasteiger partial charge in [0, 0.05) is 0 Å². The predicted molar refractivity (Wildman–Crippen MR) is 40.8 cm³/mol. The Morgan fingerprint density at radius 2 is 2.17 bits per heavy atom. The summed E-state index contributed by atoms with van der Waals surface area (Å²) in [6, 6.07) is 0. The topological polar surface area (TPSA) is 104 Å². The zero-order valence-electron chi connectivity index (χ0n) is 6.10. The zero-order chi connectivity index (χ0) is 9.78. The van der Waals surface area contributed by atoms with Crippen LogP contribution in [0.15, 0.2) is 12.7 Å². The molecule has 12 heavy (non-hydrogen) atoms. The average Bonchev–Trinajstić information content (AvgIpc) is 1.82. The molecule has 0 radical (unpaired) electrons. The van der Waals surface area contributed by atoms with Gasteiger partial charge in [-0.2, -0.15) is 8.42 Å². The molecule has 70 valence electrons. The summed E-state index contributed by atoms with van der Waals surface area (Å²) in [4.78, 5) is 10.4. The molecule has 1 unspecified atom stereocenters. The molecule has 0 aliphatic carbocycles. The van der Waals surface area contributed by atoms with Crippen LogP contribution in [0.25, 0.3) is 0 Å². The van der Waals surface area contributed by atoms with E-state index in [1.54, 1.807) is 0 Å². The van der Waals surface area contributed by atoms with E-state index in [0.717, 1.165) is 6.08 Å². The minimum atomic E-state index is -4.28. The Hall–Kier alpha value is -0.920. The van der Waals surface area contributed by atoms with Crippen LogP contribution in [0.4, 0.5) is 0 Å². The molecule has 0 fully saturated rings. The van der Waals surface area contributed by atoms with Gasteiger partial charge in [0.05, 0.1) is 0 Å². The summed E-state index contributed by atoms with van der Waals surface area (Å²) in [5, 5.41) is 10.6. The number of hydrogen-bond donors (Lipinski definition) is 3. The van der Waals surface area contributed by atoms with Crippen molar-refractivity contribution in [2.75, 3.05) is 5.75 Å². The second-order valence-electron chi connectivity index (χ2n) is 1.98. The van der Waals surface area contributed by atoms with Crippen LogP contribution in [0.5, 0.6) is 0 Å². The van der Waals surface area contributed by atoms with E-state index in [1.807, 2.05) is 5.32 Å². The minimum absolute atomic E-state index is 0.717. The lowest BCUT2D eigenvalue weighted by Gasteiger charge is -2.08. The number of nitrogens with one attached hydrogen (secondary N) is 1. The lowest BCUT2D eigenvalue weighted by Crippen LogP contribution is -2.38. The van der Waals surface area contributed by atoms with E-state index >= 15 is 0 Å². The number of rotatable bonds is 4. The van der Waals surface area contributed by atoms with Crippen molar-refractivity contribution < 1.29 is 22.9 Å². The smallest absolute Gasteiger partial charge is 0.269 e. The Balaban J connectivity index is 3.99. The van der Waals surface area contributed by atoms with Crippen molar-refractivity contribution in [2.24, 2.45) is 0 Å². The SMILES string of the molecule is C=CC(=O)NC(O)CS(=O)(=O)O. The number of carbonyl (C=O) groups is 1. The van der Waals surface area contributed by atoms with Crippen LogP contribution >= 0.6 is 0 Å². The van der Waals surface area contributed by atoms with E-state index in [-0.39, 0.29) is 0 Å². The van der Waals surface area contributed by atoms with Gasteiger partial charge < -0.3 is 10.4 Å². The van der Waals surface area contributed by atoms with Crippen molar-refractivity contribution in [1.29, 1.82) is 0 Å². The molecular formula is C5H9NO5S. The van der Waals surface area contributed by atoms with E-state index in [2.05, 4.69) is 6.58 Å². The summed E-state index contributed by atoms with van der Waals surface area (Å²) in [5.74, 6) is -1.65. The zero-order valence-corrected chi connectivity index (χ0v) is 6.91. The molecule has 0 aromatic carbocycles. The molecule has 0 bridgehead atoms. The Bertz CT molecular complexity index is 270. The molecule has 0 aliphatic heterocycles. The van der Waals surface area contributed by atoms with Gasteiger partial charge in [-0.05, 0) is 6.08 Å². The lowest BCUT2D eigenvalue weighted by atomic mass is 10.5. The van der Waals surface area contributed by atoms with Crippen molar-refractivity contribution in [1.82, 2.24) is 5.32 Å². The van der Waals surface area contributed by atoms with Gasteiger partial charge in [-0.1, -0.05) is 6.58 Å². The molecule has 7 heteroatoms. The Kier molecular flexibility index (Phi) is 3.87. The standard InChI is InChI=1S/C5H9NO5S/c1-2-4(7)6-5(8)3-12(9,10)11/h2,5,8H,1,3H2,(H,6,7)(H,9,10,11). The molecule has 0 aliphatic rings. The molecule has 1 amide bonds. The van der Waals surface area contributed by atoms with Crippen molar-refractivity contribution in [3.63, 3.8) is 0 Å². The normalized spacial score (nSPS) is 13.5. The Morgan fingerprint density at radius 3 is 2.50 bits per heavy atom. The number of carbonyl (C=O) groups excluding carboxylic acids is 1. The summed E-state index contributed by atoms with van der Waals surface area (Å²) in [7, 11) is -4.28. The third-order valence-corrected chi connectivity index (χ3v) is 1.60. The first-order valence-electron chi connectivity index (χ1n) is 2.91. The molecule has 0 saturated heterocycles. The number of hydrogen-bond acceptors (Lipinski definition) is 4. The van der Waals surface area contributed by atoms with Gasteiger partial charge in [0.15, 0.2) is 0 Å². The van der Waals surface area contributed by atoms with Crippen LogP contribution in [0.1, 0.15) is 0 Å². The maximum absolute atomic E-state index is 10.4. The maximum Gasteiger partial charge on any atom is 0.269 e. The molecule has 0 rings (SSSR count). The number of aliphatic hydroxyl groups is 1. The van der Waals surface area contributed by atoms with Crippen molar-refractivity contribution in [3.05, 3.63) is 12.7 Å². The number of aliphatic hydroxyl groups excluding tert-OH is 1. The highest BCUT2D eigenvalue weighted by Crippen LogP contribution is 1.86. The largest absolute Gasteiger partial charge is 0.373 e. The monoisotopic (exact) mass is 195 g/mol. The van der Waals surface area contributed by atoms with Gasteiger partial charge in [0.2, 0.25) is 5.91 Å². The third kappa shape index (κ3) is 5.83. The molecule has 6 nitrogen and oxygen atoms in total. The maximum atomic E-state index is 10.4. The summed E-state index contributed by atoms with van der Waals surface area (Å²) >= 11 is 0. The van der Waals surface area contributed by atoms with Crippen LogP contribution in [0.3, 0.4) is 0 Å². The van der Waals surface area contributed by atoms with Crippen LogP contribution in [-0.2, 0) is 14.9 Å². The molecule has 0 saturated carbocycles. The summed E-state index contributed by atoms with van der Waals surface area (Å²) < 4.78 is 28.5. The van der Waals surface area contributed by atoms with Gasteiger partial charge in [0.25, 0.3) is 10.1 Å². The molecular weight excluding hydrogens is 186 g/mol. The molecule has 0 spiro atoms. The fourth-order valence-corrected chi connectivity index (χ4v) is 0.947. The highest BCUT2D eigenvalue weighted by Gasteiger charge is 2.14. The first kappa shape index (κ1) is 11.1. The van der Waals surface area contributed by atoms with Crippen LogP contribution < -0.4 is 5.32 Å². The van der Waals surface area contributed by atoms with Gasteiger partial charge in [0.1, 0.15) is 12.0 Å². The summed E-state index contributed by atoms with van der Waals surface area (Å²) in [6.07, 6.45) is -0.752. The first-order chi connectivity index (χ1) is 5.35. The second kappa shape index (κ2) is 4.19. The average molecular weight is 195 g/mol. The minimum Gasteiger partial charge on any atom is -0.373 e. The molecule has 0 aromatic heterocycles. The van der Waals surface area contributed by atoms with Gasteiger partial charge in [-0.15, -0.1) is 0 Å². The summed E-state index contributed by atoms with van der Waals surface area (Å²) in [6.45, 7) is 3.08. The fraction of sp³-hybridized carbons (Fsp3) is 0.400. The van der Waals surface area contributed by atoms with E-state index in [1.165, 1.54) is 0 Å². The third-order valence-electron chi connectivity index (χ3n) is 0.863. The molecule has 3 N–H and O–H groups in total. The van der Waals surface area contributed by atoms with Crippen molar-refractivity contribution in [3.8, 4) is 0 Å². The predicted octanol–water partition coefficient (Wildman–Crippen LogP) is -1.51. The van der Waals surface area contributed by atoms with Gasteiger partial charge in [-0.3, -0.25) is 9.35 Å². The highest BCUT2D eigenvalue weighted by molar-refractivity contribution is 7.85.